The van der Waals surface area contributed by atoms with Crippen LogP contribution >= 0.6 is 0 Å². The maximum absolute atomic E-state index is 9.98. The van der Waals surface area contributed by atoms with Crippen molar-refractivity contribution < 1.29 is 9.84 Å². The number of hydrogen-bond donors (Lipinski definition) is 2. The molecule has 0 amide bonds. The van der Waals surface area contributed by atoms with E-state index in [4.69, 9.17) is 4.74 Å². The number of aliphatic hydroxyl groups is 1. The monoisotopic (exact) mass is 265 g/mol. The molecule has 3 heteroatoms. The van der Waals surface area contributed by atoms with Crippen LogP contribution < -0.4 is 10.1 Å². The molecule has 1 rings (SSSR count). The highest BCUT2D eigenvalue weighted by Crippen LogP contribution is 2.28. The normalized spacial score (nSPS) is 13.7. The molecular formula is C16H27NO2. The Kier molecular flexibility index (Phi) is 5.39. The highest BCUT2D eigenvalue weighted by Gasteiger charge is 2.15. The Morgan fingerprint density at radius 2 is 1.89 bits per heavy atom. The first-order valence-corrected chi connectivity index (χ1v) is 6.89. The number of aryl methyl sites for hydroxylation is 1. The van der Waals surface area contributed by atoms with Crippen molar-refractivity contribution in [3.05, 3.63) is 29.3 Å². The van der Waals surface area contributed by atoms with Gasteiger partial charge in [0.25, 0.3) is 0 Å². The van der Waals surface area contributed by atoms with Crippen LogP contribution in [-0.4, -0.2) is 23.5 Å². The highest BCUT2D eigenvalue weighted by atomic mass is 16.6. The molecule has 0 saturated carbocycles. The molecule has 0 aliphatic heterocycles. The summed E-state index contributed by atoms with van der Waals surface area (Å²) in [6.45, 7) is 12.9. The van der Waals surface area contributed by atoms with Gasteiger partial charge in [0.15, 0.2) is 0 Å². The molecular weight excluding hydrogens is 238 g/mol. The van der Waals surface area contributed by atoms with Crippen LogP contribution in [0.1, 0.15) is 51.7 Å². The molecule has 19 heavy (non-hydrogen) atoms. The summed E-state index contributed by atoms with van der Waals surface area (Å²) in [5.74, 6) is 1.15. The number of hydrogen-bond acceptors (Lipinski definition) is 3. The molecule has 1 atom stereocenters. The SMILES string of the molecule is Cc1ccc(C(C)C)c(OC(O)CNC(C)(C)C)c1. The fourth-order valence-corrected chi connectivity index (χ4v) is 1.80. The quantitative estimate of drug-likeness (QED) is 0.803. The molecule has 0 radical (unpaired) electrons. The maximum Gasteiger partial charge on any atom is 0.210 e. The van der Waals surface area contributed by atoms with Gasteiger partial charge in [-0.1, -0.05) is 26.0 Å². The molecule has 108 valence electrons. The summed E-state index contributed by atoms with van der Waals surface area (Å²) in [6.07, 6.45) is -0.835. The molecule has 0 spiro atoms. The zero-order valence-electron chi connectivity index (χ0n) is 12.9. The molecule has 2 N–H and O–H groups in total. The zero-order chi connectivity index (χ0) is 14.6. The number of benzene rings is 1. The van der Waals surface area contributed by atoms with E-state index in [2.05, 4.69) is 52.1 Å². The van der Waals surface area contributed by atoms with Crippen molar-refractivity contribution in [3.8, 4) is 5.75 Å². The molecule has 0 bridgehead atoms. The number of β-amino-alcohol motifs (C(OH)–C–C–N with tert-alkyl or cyclic N) is 1. The van der Waals surface area contributed by atoms with Gasteiger partial charge < -0.3 is 15.2 Å². The average molecular weight is 265 g/mol. The Hall–Kier alpha value is -1.06. The smallest absolute Gasteiger partial charge is 0.210 e. The molecule has 0 heterocycles. The minimum atomic E-state index is -0.835. The van der Waals surface area contributed by atoms with E-state index in [0.29, 0.717) is 12.5 Å². The minimum absolute atomic E-state index is 0.0299. The summed E-state index contributed by atoms with van der Waals surface area (Å²) >= 11 is 0. The number of aliphatic hydroxyl groups excluding tert-OH is 1. The largest absolute Gasteiger partial charge is 0.463 e. The molecule has 1 aromatic rings. The number of rotatable bonds is 5. The second-order valence-corrected chi connectivity index (χ2v) is 6.40. The molecule has 0 aliphatic carbocycles. The third kappa shape index (κ3) is 5.62. The molecule has 1 unspecified atom stereocenters. The fraction of sp³-hybridized carbons (Fsp3) is 0.625. The van der Waals surface area contributed by atoms with Crippen LogP contribution in [0.25, 0.3) is 0 Å². The first-order chi connectivity index (χ1) is 8.69. The first kappa shape index (κ1) is 16.0. The van der Waals surface area contributed by atoms with Crippen LogP contribution in [0.5, 0.6) is 5.75 Å². The molecule has 1 aromatic carbocycles. The Morgan fingerprint density at radius 3 is 2.42 bits per heavy atom. The Morgan fingerprint density at radius 1 is 1.26 bits per heavy atom. The van der Waals surface area contributed by atoms with Gasteiger partial charge in [-0.2, -0.15) is 0 Å². The van der Waals surface area contributed by atoms with Crippen molar-refractivity contribution in [1.29, 1.82) is 0 Å². The van der Waals surface area contributed by atoms with Gasteiger partial charge in [0, 0.05) is 5.54 Å². The fourth-order valence-electron chi connectivity index (χ4n) is 1.80. The van der Waals surface area contributed by atoms with Gasteiger partial charge in [-0.05, 0) is 50.8 Å². The van der Waals surface area contributed by atoms with Gasteiger partial charge in [0.2, 0.25) is 6.29 Å². The number of ether oxygens (including phenoxy) is 1. The van der Waals surface area contributed by atoms with Crippen LogP contribution in [0, 0.1) is 6.92 Å². The zero-order valence-corrected chi connectivity index (χ0v) is 12.9. The van der Waals surface area contributed by atoms with Crippen molar-refractivity contribution in [2.24, 2.45) is 0 Å². The Labute approximate surface area is 117 Å². The summed E-state index contributed by atoms with van der Waals surface area (Å²) < 4.78 is 5.68. The van der Waals surface area contributed by atoms with Gasteiger partial charge in [-0.25, -0.2) is 0 Å². The second kappa shape index (κ2) is 6.40. The number of nitrogens with one attached hydrogen (secondary N) is 1. The lowest BCUT2D eigenvalue weighted by Crippen LogP contribution is -2.42. The van der Waals surface area contributed by atoms with Crippen LogP contribution in [0.2, 0.25) is 0 Å². The van der Waals surface area contributed by atoms with Crippen LogP contribution in [-0.2, 0) is 0 Å². The lowest BCUT2D eigenvalue weighted by molar-refractivity contribution is -0.0198. The minimum Gasteiger partial charge on any atom is -0.463 e. The third-order valence-electron chi connectivity index (χ3n) is 2.86. The van der Waals surface area contributed by atoms with E-state index < -0.39 is 6.29 Å². The predicted octanol–water partition coefficient (Wildman–Crippen LogP) is 3.20. The average Bonchev–Trinajstić information content (AvgIpc) is 2.25. The lowest BCUT2D eigenvalue weighted by atomic mass is 10.0. The molecule has 3 nitrogen and oxygen atoms in total. The van der Waals surface area contributed by atoms with Gasteiger partial charge in [-0.15, -0.1) is 0 Å². The lowest BCUT2D eigenvalue weighted by Gasteiger charge is -2.24. The summed E-state index contributed by atoms with van der Waals surface area (Å²) in [7, 11) is 0. The van der Waals surface area contributed by atoms with Crippen LogP contribution in [0.15, 0.2) is 18.2 Å². The molecule has 0 aromatic heterocycles. The van der Waals surface area contributed by atoms with E-state index in [-0.39, 0.29) is 5.54 Å². The van der Waals surface area contributed by atoms with Crippen molar-refractivity contribution in [1.82, 2.24) is 5.32 Å². The van der Waals surface area contributed by atoms with Crippen molar-refractivity contribution in [2.45, 2.75) is 59.3 Å². The van der Waals surface area contributed by atoms with Crippen molar-refractivity contribution >= 4 is 0 Å². The maximum atomic E-state index is 9.98. The summed E-state index contributed by atoms with van der Waals surface area (Å²) in [5.41, 5.74) is 2.23. The predicted molar refractivity (Wildman–Crippen MR) is 79.7 cm³/mol. The first-order valence-electron chi connectivity index (χ1n) is 6.89. The van der Waals surface area contributed by atoms with E-state index in [1.807, 2.05) is 13.0 Å². The third-order valence-corrected chi connectivity index (χ3v) is 2.86. The van der Waals surface area contributed by atoms with Gasteiger partial charge in [0.1, 0.15) is 5.75 Å². The van der Waals surface area contributed by atoms with Gasteiger partial charge in [0.05, 0.1) is 6.54 Å². The van der Waals surface area contributed by atoms with E-state index in [9.17, 15) is 5.11 Å². The highest BCUT2D eigenvalue weighted by molar-refractivity contribution is 5.39. The second-order valence-electron chi connectivity index (χ2n) is 6.40. The summed E-state index contributed by atoms with van der Waals surface area (Å²) in [5, 5.41) is 13.2. The van der Waals surface area contributed by atoms with Crippen LogP contribution in [0.4, 0.5) is 0 Å². The summed E-state index contributed by atoms with van der Waals surface area (Å²) in [4.78, 5) is 0. The topological polar surface area (TPSA) is 41.5 Å². The molecule has 0 aliphatic rings. The van der Waals surface area contributed by atoms with E-state index in [0.717, 1.165) is 16.9 Å². The standard InChI is InChI=1S/C16H27NO2/c1-11(2)13-8-7-12(3)9-14(13)19-15(18)10-17-16(4,5)6/h7-9,11,15,17-18H,10H2,1-6H3. The van der Waals surface area contributed by atoms with E-state index in [1.54, 1.807) is 0 Å². The van der Waals surface area contributed by atoms with Gasteiger partial charge >= 0.3 is 0 Å². The van der Waals surface area contributed by atoms with Gasteiger partial charge in [-0.3, -0.25) is 0 Å². The van der Waals surface area contributed by atoms with E-state index >= 15 is 0 Å². The summed E-state index contributed by atoms with van der Waals surface area (Å²) in [6, 6.07) is 6.12. The molecule has 0 fully saturated rings. The van der Waals surface area contributed by atoms with Crippen molar-refractivity contribution in [3.63, 3.8) is 0 Å². The Bertz CT molecular complexity index is 408. The molecule has 0 saturated heterocycles. The van der Waals surface area contributed by atoms with Crippen molar-refractivity contribution in [2.75, 3.05) is 6.54 Å². The van der Waals surface area contributed by atoms with E-state index in [1.165, 1.54) is 0 Å². The van der Waals surface area contributed by atoms with Crippen LogP contribution in [0.3, 0.4) is 0 Å². The Balaban J connectivity index is 2.72.